The summed E-state index contributed by atoms with van der Waals surface area (Å²) < 4.78 is 0. The molecule has 0 aliphatic rings. The zero-order valence-electron chi connectivity index (χ0n) is 8.68. The number of rotatable bonds is 6. The SMILES string of the molecule is CCCN(CCC)C(C)(C)[C]=O. The minimum absolute atomic E-state index is 0.411. The van der Waals surface area contributed by atoms with E-state index in [2.05, 4.69) is 25.0 Å². The molecule has 0 aliphatic carbocycles. The van der Waals surface area contributed by atoms with Gasteiger partial charge in [-0.05, 0) is 39.8 Å². The number of hydrogen-bond acceptors (Lipinski definition) is 2. The first-order valence-corrected chi connectivity index (χ1v) is 4.72. The molecule has 2 heteroatoms. The summed E-state index contributed by atoms with van der Waals surface area (Å²) in [6, 6.07) is 0. The Morgan fingerprint density at radius 3 is 1.83 bits per heavy atom. The molecule has 0 aromatic rings. The highest BCUT2D eigenvalue weighted by Gasteiger charge is 2.25. The summed E-state index contributed by atoms with van der Waals surface area (Å²) in [5, 5.41) is 0. The molecular formula is C10H20NO. The van der Waals surface area contributed by atoms with Crippen molar-refractivity contribution in [3.05, 3.63) is 0 Å². The molecule has 0 amide bonds. The highest BCUT2D eigenvalue weighted by Crippen LogP contribution is 2.12. The molecule has 0 aliphatic heterocycles. The average Bonchev–Trinajstić information content (AvgIpc) is 2.04. The highest BCUT2D eigenvalue weighted by molar-refractivity contribution is 5.63. The molecule has 1 radical (unpaired) electrons. The molecule has 2 nitrogen and oxygen atoms in total. The Bertz CT molecular complexity index is 126. The first kappa shape index (κ1) is 11.6. The molecule has 0 atom stereocenters. The van der Waals surface area contributed by atoms with E-state index in [4.69, 9.17) is 0 Å². The van der Waals surface area contributed by atoms with Gasteiger partial charge in [0.1, 0.15) is 0 Å². The van der Waals surface area contributed by atoms with Crippen molar-refractivity contribution in [2.45, 2.75) is 46.1 Å². The van der Waals surface area contributed by atoms with Crippen molar-refractivity contribution in [1.82, 2.24) is 4.90 Å². The van der Waals surface area contributed by atoms with Crippen LogP contribution in [0.1, 0.15) is 40.5 Å². The van der Waals surface area contributed by atoms with Crippen LogP contribution in [0.15, 0.2) is 0 Å². The molecule has 0 fully saturated rings. The second-order valence-corrected chi connectivity index (χ2v) is 3.65. The third kappa shape index (κ3) is 3.35. The van der Waals surface area contributed by atoms with E-state index in [0.29, 0.717) is 0 Å². The van der Waals surface area contributed by atoms with Gasteiger partial charge in [-0.3, -0.25) is 9.69 Å². The minimum atomic E-state index is -0.411. The fraction of sp³-hybridized carbons (Fsp3) is 0.900. The minimum Gasteiger partial charge on any atom is -0.291 e. The molecule has 0 bridgehead atoms. The summed E-state index contributed by atoms with van der Waals surface area (Å²) in [7, 11) is 0. The Balaban J connectivity index is 4.16. The van der Waals surface area contributed by atoms with Gasteiger partial charge in [0.15, 0.2) is 0 Å². The van der Waals surface area contributed by atoms with E-state index in [1.165, 1.54) is 0 Å². The van der Waals surface area contributed by atoms with Crippen molar-refractivity contribution in [1.29, 1.82) is 0 Å². The van der Waals surface area contributed by atoms with Crippen LogP contribution in [0.4, 0.5) is 0 Å². The molecule has 0 aromatic heterocycles. The lowest BCUT2D eigenvalue weighted by molar-refractivity contribution is 0.173. The van der Waals surface area contributed by atoms with Crippen molar-refractivity contribution in [3.63, 3.8) is 0 Å². The maximum absolute atomic E-state index is 10.7. The van der Waals surface area contributed by atoms with Crippen LogP contribution in [0.2, 0.25) is 0 Å². The van der Waals surface area contributed by atoms with Gasteiger partial charge in [0.2, 0.25) is 6.29 Å². The van der Waals surface area contributed by atoms with Gasteiger partial charge < -0.3 is 0 Å². The van der Waals surface area contributed by atoms with Crippen LogP contribution in [0.25, 0.3) is 0 Å². The Hall–Kier alpha value is -0.370. The van der Waals surface area contributed by atoms with Crippen molar-refractivity contribution in [3.8, 4) is 0 Å². The van der Waals surface area contributed by atoms with E-state index < -0.39 is 5.54 Å². The summed E-state index contributed by atoms with van der Waals surface area (Å²) in [5.74, 6) is 0. The van der Waals surface area contributed by atoms with Crippen molar-refractivity contribution in [2.75, 3.05) is 13.1 Å². The number of hydrogen-bond donors (Lipinski definition) is 0. The van der Waals surface area contributed by atoms with Gasteiger partial charge in [-0.15, -0.1) is 0 Å². The molecule has 0 aromatic carbocycles. The van der Waals surface area contributed by atoms with Crippen LogP contribution in [-0.2, 0) is 4.79 Å². The molecule has 0 unspecified atom stereocenters. The third-order valence-corrected chi connectivity index (χ3v) is 2.03. The van der Waals surface area contributed by atoms with E-state index in [1.807, 2.05) is 13.8 Å². The first-order chi connectivity index (χ1) is 5.58. The predicted octanol–water partition coefficient (Wildman–Crippen LogP) is 2.00. The fourth-order valence-electron chi connectivity index (χ4n) is 1.28. The lowest BCUT2D eigenvalue weighted by Crippen LogP contribution is -2.46. The van der Waals surface area contributed by atoms with Crippen LogP contribution in [0.5, 0.6) is 0 Å². The molecule has 0 saturated carbocycles. The molecule has 0 rings (SSSR count). The summed E-state index contributed by atoms with van der Waals surface area (Å²) >= 11 is 0. The first-order valence-electron chi connectivity index (χ1n) is 4.72. The summed E-state index contributed by atoms with van der Waals surface area (Å²) in [6.45, 7) is 10.1. The molecule has 0 N–H and O–H groups in total. The molecule has 71 valence electrons. The van der Waals surface area contributed by atoms with E-state index >= 15 is 0 Å². The number of carbonyl (C=O) groups excluding carboxylic acids is 1. The predicted molar refractivity (Wildman–Crippen MR) is 51.9 cm³/mol. The molecule has 0 saturated heterocycles. The maximum Gasteiger partial charge on any atom is 0.219 e. The van der Waals surface area contributed by atoms with Crippen molar-refractivity contribution >= 4 is 6.29 Å². The van der Waals surface area contributed by atoms with Crippen LogP contribution in [0.3, 0.4) is 0 Å². The average molecular weight is 170 g/mol. The maximum atomic E-state index is 10.7. The van der Waals surface area contributed by atoms with E-state index in [0.717, 1.165) is 25.9 Å². The Morgan fingerprint density at radius 1 is 1.17 bits per heavy atom. The van der Waals surface area contributed by atoms with E-state index in [-0.39, 0.29) is 0 Å². The van der Waals surface area contributed by atoms with Gasteiger partial charge in [-0.25, -0.2) is 0 Å². The number of nitrogens with zero attached hydrogens (tertiary/aromatic N) is 1. The molecule has 0 spiro atoms. The monoisotopic (exact) mass is 170 g/mol. The zero-order valence-corrected chi connectivity index (χ0v) is 8.68. The second-order valence-electron chi connectivity index (χ2n) is 3.65. The third-order valence-electron chi connectivity index (χ3n) is 2.03. The van der Waals surface area contributed by atoms with Gasteiger partial charge in [-0.2, -0.15) is 0 Å². The van der Waals surface area contributed by atoms with E-state index in [1.54, 1.807) is 0 Å². The van der Waals surface area contributed by atoms with Crippen LogP contribution in [-0.4, -0.2) is 29.8 Å². The summed E-state index contributed by atoms with van der Waals surface area (Å²) in [5.41, 5.74) is -0.411. The second kappa shape index (κ2) is 5.31. The van der Waals surface area contributed by atoms with Crippen LogP contribution < -0.4 is 0 Å². The topological polar surface area (TPSA) is 20.3 Å². The van der Waals surface area contributed by atoms with Crippen LogP contribution >= 0.6 is 0 Å². The molecule has 12 heavy (non-hydrogen) atoms. The fourth-order valence-corrected chi connectivity index (χ4v) is 1.28. The smallest absolute Gasteiger partial charge is 0.219 e. The lowest BCUT2D eigenvalue weighted by Gasteiger charge is -2.32. The normalized spacial score (nSPS) is 12.1. The van der Waals surface area contributed by atoms with Gasteiger partial charge in [0, 0.05) is 0 Å². The van der Waals surface area contributed by atoms with Gasteiger partial charge >= 0.3 is 0 Å². The van der Waals surface area contributed by atoms with E-state index in [9.17, 15) is 4.79 Å². The Morgan fingerprint density at radius 2 is 1.58 bits per heavy atom. The summed E-state index contributed by atoms with van der Waals surface area (Å²) in [4.78, 5) is 12.8. The highest BCUT2D eigenvalue weighted by atomic mass is 16.1. The largest absolute Gasteiger partial charge is 0.291 e. The Kier molecular flexibility index (Phi) is 5.14. The van der Waals surface area contributed by atoms with Gasteiger partial charge in [-0.1, -0.05) is 13.8 Å². The zero-order chi connectivity index (χ0) is 9.61. The molecular weight excluding hydrogens is 150 g/mol. The Labute approximate surface area is 75.9 Å². The van der Waals surface area contributed by atoms with Crippen LogP contribution in [0, 0.1) is 0 Å². The standard InChI is InChI=1S/C10H20NO/c1-5-7-11(8-6-2)10(3,4)9-12/h5-8H2,1-4H3. The van der Waals surface area contributed by atoms with Gasteiger partial charge in [0.25, 0.3) is 0 Å². The van der Waals surface area contributed by atoms with Crippen molar-refractivity contribution < 1.29 is 4.79 Å². The lowest BCUT2D eigenvalue weighted by atomic mass is 10.0. The molecule has 0 heterocycles. The quantitative estimate of drug-likeness (QED) is 0.607. The summed E-state index contributed by atoms with van der Waals surface area (Å²) in [6.07, 6.45) is 4.26. The van der Waals surface area contributed by atoms with Crippen molar-refractivity contribution in [2.24, 2.45) is 0 Å². The van der Waals surface area contributed by atoms with Gasteiger partial charge in [0.05, 0.1) is 5.54 Å².